The largest absolute Gasteiger partial charge is 0.416 e. The maximum Gasteiger partial charge on any atom is 0.416 e. The van der Waals surface area contributed by atoms with Gasteiger partial charge in [-0.25, -0.2) is 4.98 Å². The standard InChI is InChI=1S/C36H35F3N6O3S/c1-23(2)33(32(46)18-30-19-41-22-43(30)20-24-13-15-29(16-14-24)45(47)48)34(40)44(21-26-9-5-8-25-7-3-4-12-31(25)26)35(49)42-28-11-6-10-27(17-28)36(37,38)39/h3-17,19,22-23,33-34H,18,20-21,40H2,1-2H3,(H,42,49)/t33-,34?/m1/s1. The monoisotopic (exact) mass is 688 g/mol. The lowest BCUT2D eigenvalue weighted by atomic mass is 9.86. The maximum atomic E-state index is 14.1. The number of imidazole rings is 1. The highest BCUT2D eigenvalue weighted by Gasteiger charge is 2.35. The normalized spacial score (nSPS) is 12.9. The van der Waals surface area contributed by atoms with Gasteiger partial charge in [-0.3, -0.25) is 14.9 Å². The molecule has 3 N–H and O–H groups in total. The molecular formula is C36H35F3N6O3S. The number of hydrogen-bond donors (Lipinski definition) is 2. The van der Waals surface area contributed by atoms with E-state index in [0.717, 1.165) is 34.0 Å². The van der Waals surface area contributed by atoms with E-state index in [1.165, 1.54) is 24.3 Å². The van der Waals surface area contributed by atoms with E-state index in [1.807, 2.05) is 56.3 Å². The van der Waals surface area contributed by atoms with Crippen molar-refractivity contribution in [3.63, 3.8) is 0 Å². The summed E-state index contributed by atoms with van der Waals surface area (Å²) in [5.41, 5.74) is 8.54. The summed E-state index contributed by atoms with van der Waals surface area (Å²) in [6, 6.07) is 24.5. The van der Waals surface area contributed by atoms with Crippen LogP contribution < -0.4 is 11.1 Å². The van der Waals surface area contributed by atoms with Crippen molar-refractivity contribution >= 4 is 45.3 Å². The van der Waals surface area contributed by atoms with Crippen molar-refractivity contribution in [2.45, 2.75) is 45.7 Å². The van der Waals surface area contributed by atoms with E-state index in [9.17, 15) is 28.1 Å². The number of halogens is 3. The van der Waals surface area contributed by atoms with Crippen molar-refractivity contribution in [2.75, 3.05) is 5.32 Å². The molecule has 9 nitrogen and oxygen atoms in total. The number of ketones is 1. The van der Waals surface area contributed by atoms with Gasteiger partial charge in [0.15, 0.2) is 5.11 Å². The molecule has 0 saturated carbocycles. The molecule has 1 unspecified atom stereocenters. The molecular weight excluding hydrogens is 653 g/mol. The third-order valence-corrected chi connectivity index (χ3v) is 8.73. The number of aromatic nitrogens is 2. The van der Waals surface area contributed by atoms with Crippen LogP contribution in [0.15, 0.2) is 104 Å². The summed E-state index contributed by atoms with van der Waals surface area (Å²) < 4.78 is 42.3. The molecule has 1 heterocycles. The van der Waals surface area contributed by atoms with Crippen LogP contribution in [-0.4, -0.2) is 36.4 Å². The van der Waals surface area contributed by atoms with Gasteiger partial charge in [-0.1, -0.05) is 74.5 Å². The molecule has 5 aromatic rings. The number of alkyl halides is 3. The zero-order chi connectivity index (χ0) is 35.3. The predicted molar refractivity (Wildman–Crippen MR) is 187 cm³/mol. The summed E-state index contributed by atoms with van der Waals surface area (Å²) in [7, 11) is 0. The summed E-state index contributed by atoms with van der Waals surface area (Å²) in [6.07, 6.45) is -2.31. The van der Waals surface area contributed by atoms with Gasteiger partial charge < -0.3 is 20.5 Å². The third kappa shape index (κ3) is 8.48. The van der Waals surface area contributed by atoms with Gasteiger partial charge in [-0.2, -0.15) is 13.2 Å². The number of non-ortho nitro benzene ring substituents is 1. The van der Waals surface area contributed by atoms with Gasteiger partial charge in [0.25, 0.3) is 5.69 Å². The number of anilines is 1. The lowest BCUT2D eigenvalue weighted by Crippen LogP contribution is -2.54. The van der Waals surface area contributed by atoms with Crippen LogP contribution in [0, 0.1) is 22.0 Å². The van der Waals surface area contributed by atoms with E-state index in [-0.39, 0.29) is 41.2 Å². The minimum atomic E-state index is -4.54. The third-order valence-electron chi connectivity index (χ3n) is 8.39. The number of Topliss-reactive ketones (excluding diaryl/α,β-unsaturated/α-hetero) is 1. The second-order valence-corrected chi connectivity index (χ2v) is 12.5. The number of rotatable bonds is 12. The second-order valence-electron chi connectivity index (χ2n) is 12.1. The Kier molecular flexibility index (Phi) is 10.7. The van der Waals surface area contributed by atoms with Crippen LogP contribution in [0.25, 0.3) is 10.8 Å². The lowest BCUT2D eigenvalue weighted by Gasteiger charge is -2.38. The van der Waals surface area contributed by atoms with Crippen LogP contribution in [0.4, 0.5) is 24.5 Å². The minimum absolute atomic E-state index is 0.000542. The number of fused-ring (bicyclic) bond motifs is 1. The number of nitro benzene ring substituents is 1. The Labute approximate surface area is 286 Å². The molecule has 0 aliphatic carbocycles. The molecule has 0 aliphatic heterocycles. The van der Waals surface area contributed by atoms with Gasteiger partial charge in [0.05, 0.1) is 28.9 Å². The number of nitrogens with zero attached hydrogens (tertiary/aromatic N) is 4. The Morgan fingerprint density at radius 1 is 1.04 bits per heavy atom. The van der Waals surface area contributed by atoms with Crippen LogP contribution in [-0.2, 0) is 30.5 Å². The van der Waals surface area contributed by atoms with E-state index in [2.05, 4.69) is 10.3 Å². The summed E-state index contributed by atoms with van der Waals surface area (Å²) in [4.78, 5) is 30.6. The van der Waals surface area contributed by atoms with Crippen LogP contribution in [0.3, 0.4) is 0 Å². The second kappa shape index (κ2) is 15.0. The predicted octanol–water partition coefficient (Wildman–Crippen LogP) is 7.58. The summed E-state index contributed by atoms with van der Waals surface area (Å²) >= 11 is 5.81. The topological polar surface area (TPSA) is 119 Å². The van der Waals surface area contributed by atoms with Crippen molar-refractivity contribution < 1.29 is 22.9 Å². The Balaban J connectivity index is 1.43. The number of thiocarbonyl (C=S) groups is 1. The van der Waals surface area contributed by atoms with Gasteiger partial charge >= 0.3 is 6.18 Å². The summed E-state index contributed by atoms with van der Waals surface area (Å²) in [6.45, 7) is 4.30. The van der Waals surface area contributed by atoms with Crippen LogP contribution in [0.1, 0.15) is 36.2 Å². The van der Waals surface area contributed by atoms with E-state index in [4.69, 9.17) is 18.0 Å². The molecule has 13 heteroatoms. The molecule has 5 rings (SSSR count). The molecule has 0 radical (unpaired) electrons. The van der Waals surface area contributed by atoms with Crippen molar-refractivity contribution in [1.82, 2.24) is 14.5 Å². The van der Waals surface area contributed by atoms with Crippen LogP contribution >= 0.6 is 12.2 Å². The number of nitrogens with two attached hydrogens (primary N) is 1. The number of carbonyl (C=O) groups is 1. The van der Waals surface area contributed by atoms with Gasteiger partial charge in [0.2, 0.25) is 0 Å². The maximum absolute atomic E-state index is 14.1. The Morgan fingerprint density at radius 3 is 2.43 bits per heavy atom. The number of nitrogens with one attached hydrogen (secondary N) is 1. The molecule has 2 atom stereocenters. The average molecular weight is 689 g/mol. The number of nitro groups is 1. The van der Waals surface area contributed by atoms with Crippen molar-refractivity contribution in [1.29, 1.82) is 0 Å². The Bertz CT molecular complexity index is 1960. The fourth-order valence-electron chi connectivity index (χ4n) is 5.90. The fraction of sp³-hybridized carbons (Fsp3) is 0.250. The van der Waals surface area contributed by atoms with E-state index < -0.39 is 28.7 Å². The first kappa shape index (κ1) is 35.2. The molecule has 0 spiro atoms. The van der Waals surface area contributed by atoms with Gasteiger partial charge in [0.1, 0.15) is 5.78 Å². The first-order valence-electron chi connectivity index (χ1n) is 15.5. The van der Waals surface area contributed by atoms with E-state index in [1.54, 1.807) is 34.1 Å². The Morgan fingerprint density at radius 2 is 1.73 bits per heavy atom. The van der Waals surface area contributed by atoms with Crippen molar-refractivity contribution in [3.8, 4) is 0 Å². The molecule has 1 aromatic heterocycles. The highest BCUT2D eigenvalue weighted by molar-refractivity contribution is 7.80. The number of carbonyl (C=O) groups excluding carboxylic acids is 1. The molecule has 0 saturated heterocycles. The molecule has 0 aliphatic rings. The first-order chi connectivity index (χ1) is 23.3. The van der Waals surface area contributed by atoms with Crippen molar-refractivity contribution in [3.05, 3.63) is 136 Å². The minimum Gasteiger partial charge on any atom is -0.333 e. The van der Waals surface area contributed by atoms with Gasteiger partial charge in [-0.15, -0.1) is 0 Å². The summed E-state index contributed by atoms with van der Waals surface area (Å²) in [5.74, 6) is -1.14. The first-order valence-corrected chi connectivity index (χ1v) is 15.9. The van der Waals surface area contributed by atoms with Crippen LogP contribution in [0.5, 0.6) is 0 Å². The highest BCUT2D eigenvalue weighted by Crippen LogP contribution is 2.31. The zero-order valence-electron chi connectivity index (χ0n) is 26.8. The molecule has 0 bridgehead atoms. The molecule has 4 aromatic carbocycles. The molecule has 0 amide bonds. The smallest absolute Gasteiger partial charge is 0.333 e. The lowest BCUT2D eigenvalue weighted by molar-refractivity contribution is -0.384. The average Bonchev–Trinajstić information content (AvgIpc) is 3.49. The van der Waals surface area contributed by atoms with Gasteiger partial charge in [0, 0.05) is 49.2 Å². The van der Waals surface area contributed by atoms with E-state index >= 15 is 0 Å². The molecule has 49 heavy (non-hydrogen) atoms. The number of hydrogen-bond acceptors (Lipinski definition) is 6. The van der Waals surface area contributed by atoms with Crippen molar-refractivity contribution in [2.24, 2.45) is 17.6 Å². The fourth-order valence-corrected chi connectivity index (χ4v) is 6.20. The zero-order valence-corrected chi connectivity index (χ0v) is 27.6. The Hall–Kier alpha value is -5.14. The molecule has 254 valence electrons. The highest BCUT2D eigenvalue weighted by atomic mass is 32.1. The van der Waals surface area contributed by atoms with Gasteiger partial charge in [-0.05, 0) is 58.2 Å². The molecule has 0 fully saturated rings. The quantitative estimate of drug-likeness (QED) is 0.0596. The van der Waals surface area contributed by atoms with Crippen LogP contribution in [0.2, 0.25) is 0 Å². The number of benzene rings is 4. The van der Waals surface area contributed by atoms with E-state index in [0.29, 0.717) is 12.2 Å². The summed E-state index contributed by atoms with van der Waals surface area (Å²) in [5, 5.41) is 16.0. The SMILES string of the molecule is CC(C)[C@H](C(=O)Cc1cncn1Cc1ccc([N+](=O)[O-])cc1)C(N)N(Cc1cccc2ccccc12)C(=S)Nc1cccc(C(F)(F)F)c1.